The van der Waals surface area contributed by atoms with E-state index in [0.717, 1.165) is 27.9 Å². The average molecular weight is 239 g/mol. The number of benzene rings is 1. The molecule has 0 atom stereocenters. The van der Waals surface area contributed by atoms with Gasteiger partial charge in [-0.2, -0.15) is 0 Å². The van der Waals surface area contributed by atoms with Gasteiger partial charge >= 0.3 is 0 Å². The minimum Gasteiger partial charge on any atom is -0.294 e. The molecule has 0 aliphatic carbocycles. The molecule has 0 aliphatic rings. The topological polar surface area (TPSA) is 30.0 Å². The third kappa shape index (κ3) is 2.65. The number of nitrogens with zero attached hydrogens (tertiary/aromatic N) is 1. The van der Waals surface area contributed by atoms with Crippen LogP contribution in [0.15, 0.2) is 36.5 Å². The van der Waals surface area contributed by atoms with E-state index in [1.54, 1.807) is 6.20 Å². The second-order valence-electron chi connectivity index (χ2n) is 4.67. The maximum absolute atomic E-state index is 12.2. The first-order valence-electron chi connectivity index (χ1n) is 6.09. The van der Waals surface area contributed by atoms with Gasteiger partial charge in [-0.25, -0.2) is 0 Å². The van der Waals surface area contributed by atoms with Crippen LogP contribution in [0.5, 0.6) is 0 Å². The van der Waals surface area contributed by atoms with Gasteiger partial charge in [-0.15, -0.1) is 0 Å². The van der Waals surface area contributed by atoms with Gasteiger partial charge < -0.3 is 0 Å². The molecule has 2 nitrogen and oxygen atoms in total. The van der Waals surface area contributed by atoms with E-state index >= 15 is 0 Å². The van der Waals surface area contributed by atoms with Crippen molar-refractivity contribution in [3.05, 3.63) is 64.5 Å². The number of hydrogen-bond acceptors (Lipinski definition) is 2. The Morgan fingerprint density at radius 2 is 1.89 bits per heavy atom. The van der Waals surface area contributed by atoms with E-state index in [4.69, 9.17) is 0 Å². The molecule has 2 rings (SSSR count). The van der Waals surface area contributed by atoms with Crippen LogP contribution >= 0.6 is 0 Å². The lowest BCUT2D eigenvalue weighted by Crippen LogP contribution is -2.07. The molecule has 18 heavy (non-hydrogen) atoms. The van der Waals surface area contributed by atoms with Crippen molar-refractivity contribution >= 4 is 5.78 Å². The summed E-state index contributed by atoms with van der Waals surface area (Å²) in [7, 11) is 0. The Labute approximate surface area is 108 Å². The molecule has 1 heterocycles. The molecule has 1 aromatic heterocycles. The lowest BCUT2D eigenvalue weighted by molar-refractivity contribution is 0.0991. The molecule has 92 valence electrons. The van der Waals surface area contributed by atoms with Crippen molar-refractivity contribution in [1.82, 2.24) is 4.98 Å². The number of carbonyl (C=O) groups excluding carboxylic acids is 1. The highest BCUT2D eigenvalue weighted by Crippen LogP contribution is 2.15. The van der Waals surface area contributed by atoms with Gasteiger partial charge in [-0.3, -0.25) is 9.78 Å². The lowest BCUT2D eigenvalue weighted by Gasteiger charge is -2.07. The van der Waals surface area contributed by atoms with Gasteiger partial charge in [0.05, 0.1) is 6.42 Å². The second kappa shape index (κ2) is 5.13. The van der Waals surface area contributed by atoms with Gasteiger partial charge in [0.1, 0.15) is 0 Å². The number of aromatic nitrogens is 1. The third-order valence-electron chi connectivity index (χ3n) is 3.22. The fraction of sp³-hybridized carbons (Fsp3) is 0.250. The molecule has 1 aromatic carbocycles. The summed E-state index contributed by atoms with van der Waals surface area (Å²) in [5.41, 5.74) is 4.95. The summed E-state index contributed by atoms with van der Waals surface area (Å²) in [5, 5.41) is 0. The Morgan fingerprint density at radius 3 is 2.56 bits per heavy atom. The predicted octanol–water partition coefficient (Wildman–Crippen LogP) is 3.43. The number of carbonyl (C=O) groups is 1. The molecular weight excluding hydrogens is 222 g/mol. The van der Waals surface area contributed by atoms with Crippen LogP contribution in [0.2, 0.25) is 0 Å². The Kier molecular flexibility index (Phi) is 3.56. The van der Waals surface area contributed by atoms with Gasteiger partial charge in [0.25, 0.3) is 0 Å². The van der Waals surface area contributed by atoms with E-state index in [9.17, 15) is 4.79 Å². The van der Waals surface area contributed by atoms with Gasteiger partial charge in [-0.05, 0) is 43.5 Å². The largest absolute Gasteiger partial charge is 0.294 e. The molecule has 0 bridgehead atoms. The number of rotatable bonds is 3. The molecule has 0 saturated carbocycles. The van der Waals surface area contributed by atoms with Crippen LogP contribution in [0.25, 0.3) is 0 Å². The van der Waals surface area contributed by atoms with Crippen LogP contribution in [-0.2, 0) is 6.42 Å². The van der Waals surface area contributed by atoms with Crippen molar-refractivity contribution in [2.45, 2.75) is 27.2 Å². The second-order valence-corrected chi connectivity index (χ2v) is 4.67. The fourth-order valence-electron chi connectivity index (χ4n) is 1.92. The predicted molar refractivity (Wildman–Crippen MR) is 72.9 cm³/mol. The Morgan fingerprint density at radius 1 is 1.11 bits per heavy atom. The first kappa shape index (κ1) is 12.5. The van der Waals surface area contributed by atoms with E-state index in [2.05, 4.69) is 4.98 Å². The van der Waals surface area contributed by atoms with Crippen LogP contribution in [0.3, 0.4) is 0 Å². The van der Waals surface area contributed by atoms with Gasteiger partial charge in [-0.1, -0.05) is 24.3 Å². The van der Waals surface area contributed by atoms with E-state index in [1.807, 2.05) is 51.1 Å². The molecule has 0 amide bonds. The number of aryl methyl sites for hydroxylation is 2. The molecule has 0 N–H and O–H groups in total. The van der Waals surface area contributed by atoms with Crippen LogP contribution in [0.1, 0.15) is 32.7 Å². The Hall–Kier alpha value is -1.96. The monoisotopic (exact) mass is 239 g/mol. The summed E-state index contributed by atoms with van der Waals surface area (Å²) in [4.78, 5) is 16.5. The van der Waals surface area contributed by atoms with Crippen LogP contribution < -0.4 is 0 Å². The maximum Gasteiger partial charge on any atom is 0.169 e. The van der Waals surface area contributed by atoms with E-state index in [-0.39, 0.29) is 5.78 Å². The zero-order chi connectivity index (χ0) is 13.1. The van der Waals surface area contributed by atoms with E-state index < -0.39 is 0 Å². The molecule has 0 spiro atoms. The smallest absolute Gasteiger partial charge is 0.169 e. The molecule has 0 aliphatic heterocycles. The summed E-state index contributed by atoms with van der Waals surface area (Å²) < 4.78 is 0. The number of pyridine rings is 1. The maximum atomic E-state index is 12.2. The molecule has 2 heteroatoms. The van der Waals surface area contributed by atoms with Crippen LogP contribution in [0.4, 0.5) is 0 Å². The number of hydrogen-bond donors (Lipinski definition) is 0. The zero-order valence-corrected chi connectivity index (χ0v) is 11.0. The summed E-state index contributed by atoms with van der Waals surface area (Å²) >= 11 is 0. The third-order valence-corrected chi connectivity index (χ3v) is 3.22. The minimum absolute atomic E-state index is 0.132. The average Bonchev–Trinajstić information content (AvgIpc) is 2.35. The Balaban J connectivity index is 2.22. The molecule has 0 radical (unpaired) electrons. The lowest BCUT2D eigenvalue weighted by atomic mass is 9.98. The van der Waals surface area contributed by atoms with E-state index in [0.29, 0.717) is 6.42 Å². The highest BCUT2D eigenvalue weighted by molar-refractivity contribution is 5.98. The summed E-state index contributed by atoms with van der Waals surface area (Å²) in [6.07, 6.45) is 2.16. The van der Waals surface area contributed by atoms with E-state index in [1.165, 1.54) is 0 Å². The van der Waals surface area contributed by atoms with Crippen molar-refractivity contribution in [3.63, 3.8) is 0 Å². The van der Waals surface area contributed by atoms with Crippen LogP contribution in [-0.4, -0.2) is 10.8 Å². The molecule has 0 saturated heterocycles. The van der Waals surface area contributed by atoms with Gasteiger partial charge in [0.2, 0.25) is 0 Å². The van der Waals surface area contributed by atoms with Crippen molar-refractivity contribution in [2.24, 2.45) is 0 Å². The van der Waals surface area contributed by atoms with Gasteiger partial charge in [0.15, 0.2) is 5.78 Å². The van der Waals surface area contributed by atoms with Crippen LogP contribution in [0, 0.1) is 20.8 Å². The zero-order valence-electron chi connectivity index (χ0n) is 11.0. The van der Waals surface area contributed by atoms with Crippen molar-refractivity contribution in [1.29, 1.82) is 0 Å². The molecule has 0 fully saturated rings. The summed E-state index contributed by atoms with van der Waals surface area (Å²) in [5.74, 6) is 0.132. The summed E-state index contributed by atoms with van der Waals surface area (Å²) in [6.45, 7) is 6.00. The fourth-order valence-corrected chi connectivity index (χ4v) is 1.92. The normalized spacial score (nSPS) is 10.4. The van der Waals surface area contributed by atoms with Gasteiger partial charge in [0, 0.05) is 17.5 Å². The first-order chi connectivity index (χ1) is 8.58. The molecular formula is C16H17NO. The highest BCUT2D eigenvalue weighted by atomic mass is 16.1. The molecule has 0 unspecified atom stereocenters. The SMILES string of the molecule is Cc1ccc(CC(=O)c2cccc(C)c2C)nc1. The van der Waals surface area contributed by atoms with Crippen molar-refractivity contribution in [2.75, 3.05) is 0 Å². The van der Waals surface area contributed by atoms with Crippen molar-refractivity contribution in [3.8, 4) is 0 Å². The summed E-state index contributed by atoms with van der Waals surface area (Å²) in [6, 6.07) is 9.74. The molecule has 2 aromatic rings. The highest BCUT2D eigenvalue weighted by Gasteiger charge is 2.11. The van der Waals surface area contributed by atoms with Crippen molar-refractivity contribution < 1.29 is 4.79 Å². The quantitative estimate of drug-likeness (QED) is 0.768. The Bertz CT molecular complexity index is 570. The first-order valence-corrected chi connectivity index (χ1v) is 6.09. The number of Topliss-reactive ketones (excluding diaryl/α,β-unsaturated/α-hetero) is 1. The number of ketones is 1. The minimum atomic E-state index is 0.132. The standard InChI is InChI=1S/C16H17NO/c1-11-7-8-14(17-10-11)9-16(18)15-6-4-5-12(2)13(15)3/h4-8,10H,9H2,1-3H3.